The Kier molecular flexibility index (Phi) is 4.22. The summed E-state index contributed by atoms with van der Waals surface area (Å²) in [6, 6.07) is 14.7. The van der Waals surface area contributed by atoms with E-state index in [1.54, 1.807) is 68.4 Å². The molecule has 3 rings (SSSR count). The molecule has 25 heavy (non-hydrogen) atoms. The van der Waals surface area contributed by atoms with E-state index >= 15 is 0 Å². The number of rotatable bonds is 3. The quantitative estimate of drug-likeness (QED) is 0.880. The molecule has 1 fully saturated rings. The number of amides is 3. The summed E-state index contributed by atoms with van der Waals surface area (Å²) in [5, 5.41) is 10.1. The van der Waals surface area contributed by atoms with Crippen LogP contribution in [0.1, 0.15) is 24.2 Å². The monoisotopic (exact) mass is 356 g/mol. The molecule has 0 aliphatic carbocycles. The number of carbonyl (C=O) groups is 2. The van der Waals surface area contributed by atoms with Gasteiger partial charge in [0.15, 0.2) is 0 Å². The van der Waals surface area contributed by atoms with Crippen molar-refractivity contribution in [2.75, 3.05) is 4.90 Å². The second-order valence-electron chi connectivity index (χ2n) is 6.14. The van der Waals surface area contributed by atoms with Crippen LogP contribution < -0.4 is 10.3 Å². The maximum absolute atomic E-state index is 12.8. The number of halogens is 1. The van der Waals surface area contributed by atoms with Crippen LogP contribution in [-0.2, 0) is 0 Å². The highest BCUT2D eigenvalue weighted by atomic mass is 35.5. The van der Waals surface area contributed by atoms with E-state index in [1.165, 1.54) is 9.91 Å². The molecule has 7 heteroatoms. The zero-order valence-electron chi connectivity index (χ0n) is 13.8. The predicted octanol–water partition coefficient (Wildman–Crippen LogP) is 3.68. The van der Waals surface area contributed by atoms with Crippen molar-refractivity contribution in [3.63, 3.8) is 0 Å². The third kappa shape index (κ3) is 2.96. The first kappa shape index (κ1) is 17.0. The van der Waals surface area contributed by atoms with Crippen LogP contribution in [0.3, 0.4) is 0 Å². The van der Waals surface area contributed by atoms with Crippen molar-refractivity contribution < 1.29 is 9.59 Å². The fourth-order valence-corrected chi connectivity index (χ4v) is 2.71. The summed E-state index contributed by atoms with van der Waals surface area (Å²) in [7, 11) is 0. The van der Waals surface area contributed by atoms with E-state index in [4.69, 9.17) is 17.0 Å². The SMILES string of the molecule is CC1(C)C(=N)N(c2ccc(Cl)cc2)C(=O)N1NC(=O)c1ccccc1. The number of nitrogens with zero attached hydrogens (tertiary/aromatic N) is 2. The van der Waals surface area contributed by atoms with Gasteiger partial charge in [0.25, 0.3) is 5.91 Å². The molecule has 2 aromatic carbocycles. The van der Waals surface area contributed by atoms with E-state index < -0.39 is 17.5 Å². The van der Waals surface area contributed by atoms with E-state index in [2.05, 4.69) is 5.43 Å². The van der Waals surface area contributed by atoms with Crippen molar-refractivity contribution in [3.8, 4) is 0 Å². The van der Waals surface area contributed by atoms with Crippen molar-refractivity contribution in [3.05, 3.63) is 65.2 Å². The third-order valence-electron chi connectivity index (χ3n) is 4.08. The fourth-order valence-electron chi connectivity index (χ4n) is 2.59. The lowest BCUT2D eigenvalue weighted by Crippen LogP contribution is -2.54. The van der Waals surface area contributed by atoms with Crippen molar-refractivity contribution in [2.24, 2.45) is 0 Å². The Morgan fingerprint density at radius 2 is 1.68 bits per heavy atom. The van der Waals surface area contributed by atoms with Gasteiger partial charge in [-0.15, -0.1) is 0 Å². The standard InChI is InChI=1S/C18H17ClN4O2/c1-18(2)16(20)22(14-10-8-13(19)9-11-14)17(25)23(18)21-15(24)12-6-4-3-5-7-12/h3-11,20H,1-2H3,(H,21,24). The summed E-state index contributed by atoms with van der Waals surface area (Å²) in [5.41, 5.74) is 2.56. The van der Waals surface area contributed by atoms with Crippen LogP contribution in [0.4, 0.5) is 10.5 Å². The number of nitrogens with one attached hydrogen (secondary N) is 2. The van der Waals surface area contributed by atoms with Gasteiger partial charge in [0.05, 0.1) is 5.69 Å². The van der Waals surface area contributed by atoms with Crippen molar-refractivity contribution in [1.82, 2.24) is 10.4 Å². The van der Waals surface area contributed by atoms with Crippen molar-refractivity contribution in [1.29, 1.82) is 5.41 Å². The van der Waals surface area contributed by atoms with E-state index in [0.717, 1.165) is 0 Å². The molecule has 1 aliphatic rings. The second kappa shape index (κ2) is 6.22. The Morgan fingerprint density at radius 3 is 2.28 bits per heavy atom. The molecule has 2 aromatic rings. The molecule has 3 amide bonds. The van der Waals surface area contributed by atoms with E-state index in [-0.39, 0.29) is 5.84 Å². The number of hydrogen-bond donors (Lipinski definition) is 2. The molecule has 2 N–H and O–H groups in total. The molecular formula is C18H17ClN4O2. The summed E-state index contributed by atoms with van der Waals surface area (Å²) in [6.45, 7) is 3.41. The lowest BCUT2D eigenvalue weighted by atomic mass is 10.0. The average molecular weight is 357 g/mol. The van der Waals surface area contributed by atoms with Gasteiger partial charge in [-0.1, -0.05) is 29.8 Å². The zero-order valence-corrected chi connectivity index (χ0v) is 14.5. The molecule has 128 valence electrons. The van der Waals surface area contributed by atoms with Gasteiger partial charge in [-0.2, -0.15) is 0 Å². The summed E-state index contributed by atoms with van der Waals surface area (Å²) in [5.74, 6) is -0.346. The lowest BCUT2D eigenvalue weighted by molar-refractivity contribution is 0.0773. The molecule has 0 atom stereocenters. The number of hydrogen-bond acceptors (Lipinski definition) is 3. The minimum Gasteiger partial charge on any atom is -0.286 e. The number of urea groups is 1. The average Bonchev–Trinajstić information content (AvgIpc) is 2.76. The fraction of sp³-hybridized carbons (Fsp3) is 0.167. The van der Waals surface area contributed by atoms with Gasteiger partial charge in [-0.05, 0) is 50.2 Å². The maximum Gasteiger partial charge on any atom is 0.349 e. The lowest BCUT2D eigenvalue weighted by Gasteiger charge is -2.28. The summed E-state index contributed by atoms with van der Waals surface area (Å²) < 4.78 is 0. The number of hydrazine groups is 1. The van der Waals surface area contributed by atoms with E-state index in [1.807, 2.05) is 0 Å². The Bertz CT molecular complexity index is 834. The molecule has 1 aliphatic heterocycles. The summed E-state index contributed by atoms with van der Waals surface area (Å²) >= 11 is 5.89. The minimum absolute atomic E-state index is 0.0631. The summed E-state index contributed by atoms with van der Waals surface area (Å²) in [4.78, 5) is 26.5. The molecule has 6 nitrogen and oxygen atoms in total. The van der Waals surface area contributed by atoms with Crippen LogP contribution in [0.15, 0.2) is 54.6 Å². The minimum atomic E-state index is -0.999. The Hall–Kier alpha value is -2.86. The molecule has 0 spiro atoms. The van der Waals surface area contributed by atoms with Crippen LogP contribution in [0.25, 0.3) is 0 Å². The molecule has 0 radical (unpaired) electrons. The van der Waals surface area contributed by atoms with Crippen LogP contribution in [0.2, 0.25) is 5.02 Å². The van der Waals surface area contributed by atoms with Gasteiger partial charge in [0, 0.05) is 10.6 Å². The van der Waals surface area contributed by atoms with E-state index in [0.29, 0.717) is 16.3 Å². The second-order valence-corrected chi connectivity index (χ2v) is 6.58. The first-order chi connectivity index (χ1) is 11.8. The number of amidine groups is 1. The number of anilines is 1. The predicted molar refractivity (Wildman–Crippen MR) is 96.9 cm³/mol. The first-order valence-corrected chi connectivity index (χ1v) is 8.05. The van der Waals surface area contributed by atoms with Crippen LogP contribution >= 0.6 is 11.6 Å². The Labute approximate surface area is 150 Å². The summed E-state index contributed by atoms with van der Waals surface area (Å²) in [6.07, 6.45) is 0. The molecule has 1 saturated heterocycles. The largest absolute Gasteiger partial charge is 0.349 e. The zero-order chi connectivity index (χ0) is 18.2. The van der Waals surface area contributed by atoms with Gasteiger partial charge >= 0.3 is 6.03 Å². The van der Waals surface area contributed by atoms with Gasteiger partial charge in [-0.3, -0.25) is 15.6 Å². The molecule has 0 unspecified atom stereocenters. The smallest absolute Gasteiger partial charge is 0.286 e. The van der Waals surface area contributed by atoms with Crippen LogP contribution in [-0.4, -0.2) is 28.3 Å². The molecular weight excluding hydrogens is 340 g/mol. The van der Waals surface area contributed by atoms with Crippen molar-refractivity contribution >= 4 is 35.1 Å². The van der Waals surface area contributed by atoms with Gasteiger partial charge in [0.1, 0.15) is 11.4 Å². The molecule has 0 bridgehead atoms. The van der Waals surface area contributed by atoms with Gasteiger partial charge in [0.2, 0.25) is 0 Å². The van der Waals surface area contributed by atoms with Crippen LogP contribution in [0.5, 0.6) is 0 Å². The van der Waals surface area contributed by atoms with Gasteiger partial charge < -0.3 is 0 Å². The highest BCUT2D eigenvalue weighted by molar-refractivity contribution is 6.31. The molecule has 1 heterocycles. The first-order valence-electron chi connectivity index (χ1n) is 7.67. The number of benzene rings is 2. The van der Waals surface area contributed by atoms with Crippen LogP contribution in [0, 0.1) is 5.41 Å². The maximum atomic E-state index is 12.8. The van der Waals surface area contributed by atoms with Crippen molar-refractivity contribution in [2.45, 2.75) is 19.4 Å². The Morgan fingerprint density at radius 1 is 1.08 bits per heavy atom. The normalized spacial score (nSPS) is 16.3. The number of carbonyl (C=O) groups excluding carboxylic acids is 2. The highest BCUT2D eigenvalue weighted by Crippen LogP contribution is 2.31. The molecule has 0 aromatic heterocycles. The third-order valence-corrected chi connectivity index (χ3v) is 4.33. The topological polar surface area (TPSA) is 76.5 Å². The molecule has 0 saturated carbocycles. The highest BCUT2D eigenvalue weighted by Gasteiger charge is 2.50. The van der Waals surface area contributed by atoms with Gasteiger partial charge in [-0.25, -0.2) is 14.7 Å². The Balaban J connectivity index is 1.90. The van der Waals surface area contributed by atoms with E-state index in [9.17, 15) is 9.59 Å².